The molecule has 27 heavy (non-hydrogen) atoms. The molecule has 3 aromatic heterocycles. The van der Waals surface area contributed by atoms with Crippen LogP contribution in [0.2, 0.25) is 0 Å². The van der Waals surface area contributed by atoms with Crippen molar-refractivity contribution in [1.82, 2.24) is 19.7 Å². The Labute approximate surface area is 166 Å². The zero-order chi connectivity index (χ0) is 19.1. The van der Waals surface area contributed by atoms with Crippen molar-refractivity contribution >= 4 is 33.3 Å². The molecule has 8 heteroatoms. The van der Waals surface area contributed by atoms with Crippen LogP contribution in [0.5, 0.6) is 0 Å². The van der Waals surface area contributed by atoms with E-state index in [0.717, 1.165) is 34.6 Å². The van der Waals surface area contributed by atoms with E-state index in [4.69, 9.17) is 9.40 Å². The van der Waals surface area contributed by atoms with Crippen LogP contribution in [-0.4, -0.2) is 19.7 Å². The standard InChI is InChI=1S/C19H24N4O2S2/c1-5-23-18(24)15-12-7-6-11(4)8-13(12)27-17(15)20-19(23)26-9-14-21-22-16(25-14)10(2)3/h10-11H,5-9H2,1-4H3. The van der Waals surface area contributed by atoms with Crippen LogP contribution in [0, 0.1) is 5.92 Å². The number of thioether (sulfide) groups is 1. The summed E-state index contributed by atoms with van der Waals surface area (Å²) >= 11 is 3.18. The van der Waals surface area contributed by atoms with E-state index in [2.05, 4.69) is 17.1 Å². The Morgan fingerprint density at radius 3 is 2.89 bits per heavy atom. The zero-order valence-electron chi connectivity index (χ0n) is 16.1. The first-order chi connectivity index (χ1) is 13.0. The van der Waals surface area contributed by atoms with Gasteiger partial charge in [-0.3, -0.25) is 9.36 Å². The third kappa shape index (κ3) is 3.45. The SMILES string of the molecule is CCn1c(SCc2nnc(C(C)C)o2)nc2sc3c(c2c1=O)CCC(C)C3. The lowest BCUT2D eigenvalue weighted by atomic mass is 9.89. The molecule has 0 spiro atoms. The van der Waals surface area contributed by atoms with Gasteiger partial charge in [-0.15, -0.1) is 21.5 Å². The summed E-state index contributed by atoms with van der Waals surface area (Å²) in [5.41, 5.74) is 1.33. The fourth-order valence-corrected chi connectivity index (χ4v) is 5.80. The van der Waals surface area contributed by atoms with Crippen LogP contribution in [0.25, 0.3) is 10.2 Å². The molecule has 3 heterocycles. The molecule has 0 saturated carbocycles. The molecule has 0 aliphatic heterocycles. The van der Waals surface area contributed by atoms with Crippen molar-refractivity contribution in [3.8, 4) is 0 Å². The average Bonchev–Trinajstić information content (AvgIpc) is 3.24. The Morgan fingerprint density at radius 2 is 2.19 bits per heavy atom. The van der Waals surface area contributed by atoms with Crippen LogP contribution < -0.4 is 5.56 Å². The lowest BCUT2D eigenvalue weighted by molar-refractivity contribution is 0.445. The summed E-state index contributed by atoms with van der Waals surface area (Å²) in [6, 6.07) is 0. The summed E-state index contributed by atoms with van der Waals surface area (Å²) in [6.07, 6.45) is 3.20. The van der Waals surface area contributed by atoms with Gasteiger partial charge in [-0.2, -0.15) is 0 Å². The Hall–Kier alpha value is -1.67. The van der Waals surface area contributed by atoms with Crippen molar-refractivity contribution in [3.63, 3.8) is 0 Å². The summed E-state index contributed by atoms with van der Waals surface area (Å²) in [5.74, 6) is 2.61. The normalized spacial score (nSPS) is 17.0. The monoisotopic (exact) mass is 404 g/mol. The Morgan fingerprint density at radius 1 is 1.37 bits per heavy atom. The molecule has 1 aliphatic rings. The van der Waals surface area contributed by atoms with Crippen molar-refractivity contribution in [2.75, 3.05) is 0 Å². The second-order valence-electron chi connectivity index (χ2n) is 7.45. The maximum atomic E-state index is 13.2. The first kappa shape index (κ1) is 18.7. The van der Waals surface area contributed by atoms with Crippen molar-refractivity contribution in [2.24, 2.45) is 5.92 Å². The Kier molecular flexibility index (Phi) is 5.11. The van der Waals surface area contributed by atoms with Gasteiger partial charge in [-0.05, 0) is 37.7 Å². The van der Waals surface area contributed by atoms with E-state index in [1.54, 1.807) is 15.9 Å². The van der Waals surface area contributed by atoms with Crippen LogP contribution in [-0.2, 0) is 25.1 Å². The lowest BCUT2D eigenvalue weighted by Gasteiger charge is -2.17. The Bertz CT molecular complexity index is 1030. The number of aryl methyl sites for hydroxylation is 1. The second kappa shape index (κ2) is 7.39. The van der Waals surface area contributed by atoms with Gasteiger partial charge >= 0.3 is 0 Å². The van der Waals surface area contributed by atoms with E-state index < -0.39 is 0 Å². The van der Waals surface area contributed by atoms with E-state index >= 15 is 0 Å². The number of hydrogen-bond acceptors (Lipinski definition) is 7. The van der Waals surface area contributed by atoms with Gasteiger partial charge in [0.05, 0.1) is 11.1 Å². The van der Waals surface area contributed by atoms with E-state index in [1.807, 2.05) is 20.8 Å². The molecule has 0 N–H and O–H groups in total. The first-order valence-electron chi connectivity index (χ1n) is 9.48. The van der Waals surface area contributed by atoms with Crippen molar-refractivity contribution in [1.29, 1.82) is 0 Å². The number of hydrogen-bond donors (Lipinski definition) is 0. The van der Waals surface area contributed by atoms with Crippen LogP contribution in [0.1, 0.15) is 62.3 Å². The van der Waals surface area contributed by atoms with E-state index in [0.29, 0.717) is 30.0 Å². The molecule has 0 bridgehead atoms. The molecule has 144 valence electrons. The molecular formula is C19H24N4O2S2. The third-order valence-corrected chi connectivity index (χ3v) is 7.11. The van der Waals surface area contributed by atoms with Crippen molar-refractivity contribution in [3.05, 3.63) is 32.6 Å². The molecule has 0 saturated heterocycles. The smallest absolute Gasteiger partial charge is 0.263 e. The maximum absolute atomic E-state index is 13.2. The van der Waals surface area contributed by atoms with Crippen LogP contribution in [0.15, 0.2) is 14.4 Å². The summed E-state index contributed by atoms with van der Waals surface area (Å²) in [5, 5.41) is 9.74. The van der Waals surface area contributed by atoms with Gasteiger partial charge in [-0.25, -0.2) is 4.98 Å². The predicted molar refractivity (Wildman–Crippen MR) is 109 cm³/mol. The largest absolute Gasteiger partial charge is 0.424 e. The number of thiophene rings is 1. The molecule has 0 aromatic carbocycles. The molecule has 6 nitrogen and oxygen atoms in total. The highest BCUT2D eigenvalue weighted by Crippen LogP contribution is 2.36. The quantitative estimate of drug-likeness (QED) is 0.463. The van der Waals surface area contributed by atoms with E-state index in [-0.39, 0.29) is 11.5 Å². The summed E-state index contributed by atoms with van der Waals surface area (Å²) in [7, 11) is 0. The minimum absolute atomic E-state index is 0.0884. The molecule has 1 atom stereocenters. The lowest BCUT2D eigenvalue weighted by Crippen LogP contribution is -2.23. The van der Waals surface area contributed by atoms with Gasteiger partial charge in [0.1, 0.15) is 4.83 Å². The van der Waals surface area contributed by atoms with Gasteiger partial charge in [0.2, 0.25) is 11.8 Å². The van der Waals surface area contributed by atoms with Crippen LogP contribution in [0.3, 0.4) is 0 Å². The molecule has 3 aromatic rings. The predicted octanol–water partition coefficient (Wildman–Crippen LogP) is 4.40. The van der Waals surface area contributed by atoms with Crippen LogP contribution in [0.4, 0.5) is 0 Å². The van der Waals surface area contributed by atoms with E-state index in [1.165, 1.54) is 22.2 Å². The summed E-state index contributed by atoms with van der Waals surface area (Å²) in [4.78, 5) is 20.2. The van der Waals surface area contributed by atoms with Gasteiger partial charge < -0.3 is 4.42 Å². The van der Waals surface area contributed by atoms with Gasteiger partial charge in [0.25, 0.3) is 5.56 Å². The Balaban J connectivity index is 1.69. The highest BCUT2D eigenvalue weighted by molar-refractivity contribution is 7.98. The second-order valence-corrected chi connectivity index (χ2v) is 9.48. The maximum Gasteiger partial charge on any atom is 0.263 e. The summed E-state index contributed by atoms with van der Waals surface area (Å²) < 4.78 is 7.46. The molecule has 0 amide bonds. The summed E-state index contributed by atoms with van der Waals surface area (Å²) in [6.45, 7) is 8.92. The number of aromatic nitrogens is 4. The minimum Gasteiger partial charge on any atom is -0.424 e. The molecule has 1 aliphatic carbocycles. The fraction of sp³-hybridized carbons (Fsp3) is 0.579. The minimum atomic E-state index is 0.0884. The highest BCUT2D eigenvalue weighted by atomic mass is 32.2. The zero-order valence-corrected chi connectivity index (χ0v) is 17.7. The highest BCUT2D eigenvalue weighted by Gasteiger charge is 2.24. The average molecular weight is 405 g/mol. The first-order valence-corrected chi connectivity index (χ1v) is 11.3. The van der Waals surface area contributed by atoms with Gasteiger partial charge in [0, 0.05) is 17.3 Å². The van der Waals surface area contributed by atoms with Gasteiger partial charge in [-0.1, -0.05) is 32.5 Å². The molecule has 0 radical (unpaired) electrons. The number of nitrogens with zero attached hydrogens (tertiary/aromatic N) is 4. The molecule has 0 fully saturated rings. The van der Waals surface area contributed by atoms with Gasteiger partial charge in [0.15, 0.2) is 5.16 Å². The topological polar surface area (TPSA) is 73.8 Å². The van der Waals surface area contributed by atoms with Crippen molar-refractivity contribution < 1.29 is 4.42 Å². The fourth-order valence-electron chi connectivity index (χ4n) is 3.48. The number of rotatable bonds is 5. The molecule has 1 unspecified atom stereocenters. The van der Waals surface area contributed by atoms with Crippen LogP contribution >= 0.6 is 23.1 Å². The number of fused-ring (bicyclic) bond motifs is 3. The molecule has 4 rings (SSSR count). The third-order valence-electron chi connectivity index (χ3n) is 5.00. The van der Waals surface area contributed by atoms with E-state index in [9.17, 15) is 4.79 Å². The van der Waals surface area contributed by atoms with Crippen molar-refractivity contribution in [2.45, 2.75) is 70.3 Å². The molecular weight excluding hydrogens is 380 g/mol.